The number of halogens is 4. The van der Waals surface area contributed by atoms with E-state index in [4.69, 9.17) is 20.8 Å². The molecule has 1 amide bonds. The Morgan fingerprint density at radius 2 is 1.58 bits per heavy atom. The molecule has 12 heteroatoms. The number of hydrogen-bond acceptors (Lipinski definition) is 7. The number of fused-ring (bicyclic) bond motifs is 10. The van der Waals surface area contributed by atoms with E-state index in [-0.39, 0.29) is 51.9 Å². The lowest BCUT2D eigenvalue weighted by Gasteiger charge is -2.58. The predicted molar refractivity (Wildman–Crippen MR) is 248 cm³/mol. The number of ether oxygens (including phenoxy) is 1. The molecule has 2 heterocycles. The molecule has 9 aliphatic rings. The average Bonchev–Trinajstić information content (AvgIpc) is 3.93. The van der Waals surface area contributed by atoms with Crippen LogP contribution in [0.15, 0.2) is 64.6 Å². The lowest BCUT2D eigenvalue weighted by atomic mass is 9.49. The molecule has 1 aliphatic heterocycles. The predicted octanol–water partition coefficient (Wildman–Crippen LogP) is 12.1. The summed E-state index contributed by atoms with van der Waals surface area (Å²) in [5, 5.41) is 24.9. The third-order valence-corrected chi connectivity index (χ3v) is 19.5. The molecule has 2 N–H and O–H groups in total. The summed E-state index contributed by atoms with van der Waals surface area (Å²) >= 11 is 6.41. The number of carbonyl (C=O) groups is 3. The Kier molecular flexibility index (Phi) is 11.2. The summed E-state index contributed by atoms with van der Waals surface area (Å²) in [6.45, 7) is 10.6. The van der Waals surface area contributed by atoms with Gasteiger partial charge in [-0.05, 0) is 187 Å². The Hall–Kier alpha value is -3.93. The fourth-order valence-electron chi connectivity index (χ4n) is 15.2. The van der Waals surface area contributed by atoms with Crippen LogP contribution in [0.25, 0.3) is 11.3 Å². The van der Waals surface area contributed by atoms with Crippen molar-refractivity contribution in [3.63, 3.8) is 0 Å². The number of allylic oxidation sites excluding steroid dienone is 2. The van der Waals surface area contributed by atoms with Gasteiger partial charge in [-0.3, -0.25) is 14.4 Å². The van der Waals surface area contributed by atoms with Crippen LogP contribution in [-0.2, 0) is 26.9 Å². The van der Waals surface area contributed by atoms with Gasteiger partial charge in [-0.25, -0.2) is 0 Å². The van der Waals surface area contributed by atoms with Crippen LogP contribution in [0.4, 0.5) is 13.2 Å². The van der Waals surface area contributed by atoms with E-state index in [9.17, 15) is 33.0 Å². The Morgan fingerprint density at radius 3 is 2.22 bits per heavy atom. The molecular weight excluding hydrogens is 879 g/mol. The number of esters is 1. The third kappa shape index (κ3) is 7.48. The topological polar surface area (TPSA) is 117 Å². The van der Waals surface area contributed by atoms with Gasteiger partial charge >= 0.3 is 12.1 Å². The zero-order valence-corrected chi connectivity index (χ0v) is 40.3. The highest BCUT2D eigenvalue weighted by atomic mass is 35.5. The Balaban J connectivity index is 1.05. The second-order valence-electron chi connectivity index (χ2n) is 23.4. The number of hydrogen-bond donors (Lipinski definition) is 2. The van der Waals surface area contributed by atoms with Crippen LogP contribution in [0.5, 0.6) is 0 Å². The van der Waals surface area contributed by atoms with Gasteiger partial charge in [0.2, 0.25) is 5.78 Å². The van der Waals surface area contributed by atoms with E-state index in [0.29, 0.717) is 93.2 Å². The molecule has 1 saturated heterocycles. The highest BCUT2D eigenvalue weighted by Gasteiger charge is 2.76. The molecule has 3 aromatic rings. The van der Waals surface area contributed by atoms with Crippen molar-refractivity contribution in [2.75, 3.05) is 13.1 Å². The first kappa shape index (κ1) is 46.8. The summed E-state index contributed by atoms with van der Waals surface area (Å²) in [4.78, 5) is 46.3. The van der Waals surface area contributed by atoms with Gasteiger partial charge in [0.1, 0.15) is 5.76 Å². The number of furan rings is 1. The van der Waals surface area contributed by atoms with Crippen molar-refractivity contribution < 1.29 is 46.9 Å². The van der Waals surface area contributed by atoms with Gasteiger partial charge in [0.05, 0.1) is 34.3 Å². The summed E-state index contributed by atoms with van der Waals surface area (Å²) in [5.41, 5.74) is -3.28. The molecule has 12 rings (SSSR count). The van der Waals surface area contributed by atoms with Crippen molar-refractivity contribution in [1.29, 1.82) is 0 Å². The molecule has 360 valence electrons. The van der Waals surface area contributed by atoms with Gasteiger partial charge in [-0.1, -0.05) is 56.2 Å². The molecule has 2 aromatic carbocycles. The second-order valence-corrected chi connectivity index (χ2v) is 23.8. The fraction of sp³-hybridized carbons (Fsp3) is 0.618. The van der Waals surface area contributed by atoms with Crippen LogP contribution in [0.2, 0.25) is 5.02 Å². The van der Waals surface area contributed by atoms with Gasteiger partial charge in [0.15, 0.2) is 11.4 Å². The van der Waals surface area contributed by atoms with Crippen LogP contribution >= 0.6 is 11.6 Å². The first-order chi connectivity index (χ1) is 31.5. The molecular formula is C55H65ClF3NO7. The van der Waals surface area contributed by atoms with E-state index in [0.717, 1.165) is 48.6 Å². The van der Waals surface area contributed by atoms with Crippen molar-refractivity contribution in [2.24, 2.45) is 39.4 Å². The first-order valence-corrected chi connectivity index (χ1v) is 25.1. The van der Waals surface area contributed by atoms with Gasteiger partial charge in [0.25, 0.3) is 5.91 Å². The largest absolute Gasteiger partial charge is 0.453 e. The number of nitrogens with zero attached hydrogens (tertiary/aromatic N) is 1. The molecule has 0 spiro atoms. The maximum absolute atomic E-state index is 15.8. The van der Waals surface area contributed by atoms with E-state index in [1.54, 1.807) is 6.07 Å². The van der Waals surface area contributed by atoms with Gasteiger partial charge < -0.3 is 24.3 Å². The summed E-state index contributed by atoms with van der Waals surface area (Å²) in [5.74, 6) is 0.452. The van der Waals surface area contributed by atoms with Gasteiger partial charge in [-0.2, -0.15) is 13.2 Å². The fourth-order valence-corrected chi connectivity index (χ4v) is 15.4. The molecule has 67 heavy (non-hydrogen) atoms. The Bertz CT molecular complexity index is 2510. The van der Waals surface area contributed by atoms with Crippen LogP contribution in [0.3, 0.4) is 0 Å². The van der Waals surface area contributed by atoms with E-state index in [1.165, 1.54) is 31.4 Å². The highest BCUT2D eigenvalue weighted by Crippen LogP contribution is 2.67. The summed E-state index contributed by atoms with van der Waals surface area (Å²) < 4.78 is 53.7. The average molecular weight is 945 g/mol. The normalized spacial score (nSPS) is 36.4. The number of benzene rings is 2. The molecule has 8 nitrogen and oxygen atoms in total. The van der Waals surface area contributed by atoms with Crippen molar-refractivity contribution >= 4 is 29.3 Å². The third-order valence-electron chi connectivity index (χ3n) is 19.2. The molecule has 8 aliphatic carbocycles. The summed E-state index contributed by atoms with van der Waals surface area (Å²) in [6.07, 6.45) is 8.28. The number of carbonyl (C=O) groups excluding carboxylic acids is 3. The lowest BCUT2D eigenvalue weighted by molar-refractivity contribution is -0.181. The van der Waals surface area contributed by atoms with E-state index >= 15 is 4.79 Å². The minimum Gasteiger partial charge on any atom is -0.453 e. The molecule has 6 atom stereocenters. The number of ketones is 1. The van der Waals surface area contributed by atoms with Crippen LogP contribution < -0.4 is 0 Å². The van der Waals surface area contributed by atoms with Crippen molar-refractivity contribution in [2.45, 2.75) is 160 Å². The monoisotopic (exact) mass is 943 g/mol. The standard InChI is InChI=1S/C55H65ClF3NO7/c1-32-7-6-17-50(4)42(39-12-9-33(24-38(61)11-8-32)25-40(39)46(62)45-15-14-44(66-45)41-26-37(55(57,58)59)10-13-43(41)56)16-18-53(50,65)31-60(30-52-27-34-21-35(28-52)23-36(22-34)29-52)47(63)54-20-19-51(5,48(64)67-54)49(54,2)3/h7,9-10,12-15,25-26,34-36,38,42,61,65H,6,8,11,16-24,27-31H2,1-5H3. The number of aliphatic hydroxyl groups excluding tert-OH is 1. The minimum atomic E-state index is -4.62. The maximum Gasteiger partial charge on any atom is 0.416 e. The number of amides is 1. The molecule has 6 unspecified atom stereocenters. The van der Waals surface area contributed by atoms with E-state index in [1.807, 2.05) is 37.8 Å². The van der Waals surface area contributed by atoms with E-state index < -0.39 is 51.1 Å². The molecule has 7 fully saturated rings. The summed E-state index contributed by atoms with van der Waals surface area (Å²) in [6, 6.07) is 11.5. The van der Waals surface area contributed by atoms with Crippen LogP contribution in [0, 0.1) is 39.4 Å². The Labute approximate surface area is 397 Å². The number of alkyl halides is 3. The van der Waals surface area contributed by atoms with E-state index in [2.05, 4.69) is 19.9 Å². The van der Waals surface area contributed by atoms with Gasteiger partial charge in [0, 0.05) is 28.5 Å². The molecule has 6 saturated carbocycles. The number of aliphatic hydroxyl groups is 2. The van der Waals surface area contributed by atoms with Crippen LogP contribution in [0.1, 0.15) is 163 Å². The minimum absolute atomic E-state index is 0.00375. The zero-order chi connectivity index (χ0) is 47.7. The molecule has 1 aromatic heterocycles. The molecule has 0 radical (unpaired) electrons. The van der Waals surface area contributed by atoms with Crippen LogP contribution in [-0.4, -0.2) is 63.2 Å². The Morgan fingerprint density at radius 1 is 0.881 bits per heavy atom. The number of rotatable bonds is 8. The maximum atomic E-state index is 15.8. The quantitative estimate of drug-likeness (QED) is 0.131. The van der Waals surface area contributed by atoms with Crippen molar-refractivity contribution in [3.05, 3.63) is 93.2 Å². The zero-order valence-electron chi connectivity index (χ0n) is 39.5. The lowest BCUT2D eigenvalue weighted by Crippen LogP contribution is -2.63. The smallest absolute Gasteiger partial charge is 0.416 e. The van der Waals surface area contributed by atoms with Crippen molar-refractivity contribution in [3.8, 4) is 11.3 Å². The first-order valence-electron chi connectivity index (χ1n) is 24.7. The highest BCUT2D eigenvalue weighted by molar-refractivity contribution is 6.33. The molecule has 8 bridgehead atoms. The van der Waals surface area contributed by atoms with Crippen molar-refractivity contribution in [1.82, 2.24) is 4.90 Å². The van der Waals surface area contributed by atoms with Gasteiger partial charge in [-0.15, -0.1) is 0 Å². The second kappa shape index (κ2) is 16.1. The SMILES string of the molecule is CC1=CCCC2(C)C(CCC2(O)CN(CC23CC4CC(CC(C4)C2)C3)C(=O)C23CCC(C)(C(=O)O2)C3(C)C)c2ccc(cc2C(=O)c2ccc(-c3cc(C(F)(F)F)ccc3Cl)o2)CC(O)CC1. The summed E-state index contributed by atoms with van der Waals surface area (Å²) in [7, 11) is 0.